The maximum atomic E-state index is 11.9. The lowest BCUT2D eigenvalue weighted by molar-refractivity contribution is -0.115. The summed E-state index contributed by atoms with van der Waals surface area (Å²) in [5.74, 6) is -0.518. The van der Waals surface area contributed by atoms with E-state index in [0.29, 0.717) is 22.2 Å². The molecule has 1 N–H and O–H groups in total. The van der Waals surface area contributed by atoms with E-state index in [1.807, 2.05) is 6.92 Å². The van der Waals surface area contributed by atoms with Crippen LogP contribution in [0.1, 0.15) is 27.9 Å². The molecule has 0 aliphatic heterocycles. The van der Waals surface area contributed by atoms with E-state index in [2.05, 4.69) is 10.4 Å². The second-order valence-corrected chi connectivity index (χ2v) is 5.60. The van der Waals surface area contributed by atoms with Crippen LogP contribution >= 0.6 is 11.3 Å². The molecular weight excluding hydrogens is 290 g/mol. The number of nitrogens with one attached hydrogen (secondary N) is 1. The minimum Gasteiger partial charge on any atom is -0.462 e. The van der Waals surface area contributed by atoms with Crippen molar-refractivity contribution in [3.8, 4) is 0 Å². The van der Waals surface area contributed by atoms with Crippen molar-refractivity contribution in [3.05, 3.63) is 34.5 Å². The smallest absolute Gasteiger partial charge is 0.348 e. The van der Waals surface area contributed by atoms with Crippen molar-refractivity contribution in [1.29, 1.82) is 0 Å². The average Bonchev–Trinajstić information content (AvgIpc) is 2.96. The van der Waals surface area contributed by atoms with Gasteiger partial charge in [-0.25, -0.2) is 4.79 Å². The zero-order valence-electron chi connectivity index (χ0n) is 12.2. The number of hydrogen-bond donors (Lipinski definition) is 1. The predicted octanol–water partition coefficient (Wildman–Crippen LogP) is 2.15. The van der Waals surface area contributed by atoms with Gasteiger partial charge in [-0.3, -0.25) is 9.48 Å². The molecule has 0 saturated heterocycles. The van der Waals surface area contributed by atoms with Gasteiger partial charge in [-0.05, 0) is 31.5 Å². The molecule has 0 atom stereocenters. The van der Waals surface area contributed by atoms with Gasteiger partial charge in [0.2, 0.25) is 5.91 Å². The molecule has 2 rings (SSSR count). The van der Waals surface area contributed by atoms with Gasteiger partial charge in [0, 0.05) is 13.2 Å². The lowest BCUT2D eigenvalue weighted by Gasteiger charge is -2.00. The van der Waals surface area contributed by atoms with Crippen LogP contribution < -0.4 is 5.32 Å². The van der Waals surface area contributed by atoms with Crippen LogP contribution in [0.15, 0.2) is 18.3 Å². The minimum atomic E-state index is -0.356. The Bertz CT molecular complexity index is 660. The third-order valence-corrected chi connectivity index (χ3v) is 3.88. The SMILES string of the molecule is CCOC(=O)c1sc(NC(=O)Cc2ccn(C)n2)cc1C. The van der Waals surface area contributed by atoms with Crippen molar-refractivity contribution in [2.75, 3.05) is 11.9 Å². The van der Waals surface area contributed by atoms with Crippen LogP contribution in [0.25, 0.3) is 0 Å². The first-order valence-corrected chi connectivity index (χ1v) is 7.37. The van der Waals surface area contributed by atoms with Crippen LogP contribution in [-0.2, 0) is 23.0 Å². The third-order valence-electron chi connectivity index (χ3n) is 2.75. The number of nitrogens with zero attached hydrogens (tertiary/aromatic N) is 2. The lowest BCUT2D eigenvalue weighted by Crippen LogP contribution is -2.14. The summed E-state index contributed by atoms with van der Waals surface area (Å²) in [5, 5.41) is 7.57. The Labute approximate surface area is 126 Å². The van der Waals surface area contributed by atoms with E-state index in [9.17, 15) is 9.59 Å². The second-order valence-electron chi connectivity index (χ2n) is 4.55. The number of hydrogen-bond acceptors (Lipinski definition) is 5. The molecule has 2 heterocycles. The summed E-state index contributed by atoms with van der Waals surface area (Å²) in [6.45, 7) is 3.91. The Morgan fingerprint density at radius 1 is 1.48 bits per heavy atom. The molecule has 6 nitrogen and oxygen atoms in total. The molecule has 0 aromatic carbocycles. The molecule has 1 amide bonds. The quantitative estimate of drug-likeness (QED) is 0.859. The molecule has 21 heavy (non-hydrogen) atoms. The predicted molar refractivity (Wildman–Crippen MR) is 80.6 cm³/mol. The number of aryl methyl sites for hydroxylation is 2. The topological polar surface area (TPSA) is 73.2 Å². The Balaban J connectivity index is 2.01. The van der Waals surface area contributed by atoms with Crippen molar-refractivity contribution in [2.45, 2.75) is 20.3 Å². The number of ether oxygens (including phenoxy) is 1. The monoisotopic (exact) mass is 307 g/mol. The van der Waals surface area contributed by atoms with Gasteiger partial charge < -0.3 is 10.1 Å². The minimum absolute atomic E-state index is 0.162. The van der Waals surface area contributed by atoms with Gasteiger partial charge in [0.05, 0.1) is 23.7 Å². The van der Waals surface area contributed by atoms with Gasteiger partial charge >= 0.3 is 5.97 Å². The highest BCUT2D eigenvalue weighted by Gasteiger charge is 2.16. The molecule has 0 saturated carbocycles. The van der Waals surface area contributed by atoms with Gasteiger partial charge in [0.25, 0.3) is 0 Å². The van der Waals surface area contributed by atoms with E-state index in [-0.39, 0.29) is 18.3 Å². The molecule has 0 radical (unpaired) electrons. The third kappa shape index (κ3) is 3.91. The fourth-order valence-electron chi connectivity index (χ4n) is 1.85. The fourth-order valence-corrected chi connectivity index (χ4v) is 2.83. The van der Waals surface area contributed by atoms with Crippen molar-refractivity contribution in [3.63, 3.8) is 0 Å². The van der Waals surface area contributed by atoms with E-state index in [1.165, 1.54) is 11.3 Å². The molecule has 0 fully saturated rings. The van der Waals surface area contributed by atoms with Gasteiger partial charge in [0.15, 0.2) is 0 Å². The van der Waals surface area contributed by atoms with Crippen LogP contribution in [0.5, 0.6) is 0 Å². The largest absolute Gasteiger partial charge is 0.462 e. The van der Waals surface area contributed by atoms with Crippen molar-refractivity contribution >= 4 is 28.2 Å². The Morgan fingerprint density at radius 3 is 2.86 bits per heavy atom. The summed E-state index contributed by atoms with van der Waals surface area (Å²) < 4.78 is 6.62. The average molecular weight is 307 g/mol. The summed E-state index contributed by atoms with van der Waals surface area (Å²) in [5.41, 5.74) is 1.50. The van der Waals surface area contributed by atoms with Gasteiger partial charge in [-0.1, -0.05) is 0 Å². The van der Waals surface area contributed by atoms with Crippen LogP contribution in [-0.4, -0.2) is 28.3 Å². The maximum absolute atomic E-state index is 11.9. The first-order valence-electron chi connectivity index (χ1n) is 6.55. The molecule has 0 bridgehead atoms. The molecule has 0 aliphatic rings. The van der Waals surface area contributed by atoms with Crippen LogP contribution in [0.4, 0.5) is 5.00 Å². The van der Waals surface area contributed by atoms with Gasteiger partial charge in [-0.2, -0.15) is 5.10 Å². The highest BCUT2D eigenvalue weighted by Crippen LogP contribution is 2.27. The normalized spacial score (nSPS) is 10.4. The van der Waals surface area contributed by atoms with Crippen LogP contribution in [0.3, 0.4) is 0 Å². The van der Waals surface area contributed by atoms with E-state index in [1.54, 1.807) is 37.0 Å². The molecule has 112 valence electrons. The highest BCUT2D eigenvalue weighted by molar-refractivity contribution is 7.18. The van der Waals surface area contributed by atoms with E-state index in [0.717, 1.165) is 5.56 Å². The molecular formula is C14H17N3O3S. The first-order chi connectivity index (χ1) is 9.99. The van der Waals surface area contributed by atoms with Gasteiger partial charge in [0.1, 0.15) is 4.88 Å². The molecule has 2 aromatic heterocycles. The summed E-state index contributed by atoms with van der Waals surface area (Å²) in [7, 11) is 1.80. The van der Waals surface area contributed by atoms with Crippen molar-refractivity contribution in [2.24, 2.45) is 7.05 Å². The Hall–Kier alpha value is -2.15. The van der Waals surface area contributed by atoms with Gasteiger partial charge in [-0.15, -0.1) is 11.3 Å². The number of esters is 1. The zero-order valence-corrected chi connectivity index (χ0v) is 13.0. The second kappa shape index (κ2) is 6.53. The first kappa shape index (κ1) is 15.2. The van der Waals surface area contributed by atoms with Crippen molar-refractivity contribution < 1.29 is 14.3 Å². The van der Waals surface area contributed by atoms with Crippen molar-refractivity contribution in [1.82, 2.24) is 9.78 Å². The Morgan fingerprint density at radius 2 is 2.24 bits per heavy atom. The molecule has 7 heteroatoms. The van der Waals surface area contributed by atoms with E-state index >= 15 is 0 Å². The van der Waals surface area contributed by atoms with Crippen LogP contribution in [0.2, 0.25) is 0 Å². The number of carbonyl (C=O) groups excluding carboxylic acids is 2. The number of aromatic nitrogens is 2. The number of rotatable bonds is 5. The summed E-state index contributed by atoms with van der Waals surface area (Å²) >= 11 is 1.22. The highest BCUT2D eigenvalue weighted by atomic mass is 32.1. The lowest BCUT2D eigenvalue weighted by atomic mass is 10.3. The summed E-state index contributed by atoms with van der Waals surface area (Å²) in [6.07, 6.45) is 1.99. The Kier molecular flexibility index (Phi) is 4.74. The summed E-state index contributed by atoms with van der Waals surface area (Å²) in [4.78, 5) is 24.2. The van der Waals surface area contributed by atoms with E-state index < -0.39 is 0 Å². The number of carbonyl (C=O) groups is 2. The number of anilines is 1. The van der Waals surface area contributed by atoms with Crippen LogP contribution in [0, 0.1) is 6.92 Å². The fraction of sp³-hybridized carbons (Fsp3) is 0.357. The molecule has 0 spiro atoms. The zero-order chi connectivity index (χ0) is 15.4. The summed E-state index contributed by atoms with van der Waals surface area (Å²) in [6, 6.07) is 3.57. The molecule has 0 aliphatic carbocycles. The molecule has 2 aromatic rings. The number of thiophene rings is 1. The van der Waals surface area contributed by atoms with E-state index in [4.69, 9.17) is 4.74 Å². The molecule has 0 unspecified atom stereocenters. The number of amides is 1. The standard InChI is InChI=1S/C14H17N3O3S/c1-4-20-14(19)13-9(2)7-12(21-13)15-11(18)8-10-5-6-17(3)16-10/h5-7H,4,8H2,1-3H3,(H,15,18). The maximum Gasteiger partial charge on any atom is 0.348 e.